The molecule has 0 aliphatic heterocycles. The summed E-state index contributed by atoms with van der Waals surface area (Å²) in [5.74, 6) is 2.91. The summed E-state index contributed by atoms with van der Waals surface area (Å²) in [6.07, 6.45) is 11.1. The van der Waals surface area contributed by atoms with E-state index in [1.54, 1.807) is 0 Å². The van der Waals surface area contributed by atoms with E-state index in [0.717, 1.165) is 28.6 Å². The number of thiocarbonyl (C=S) groups is 1. The Bertz CT molecular complexity index is 609. The van der Waals surface area contributed by atoms with Crippen molar-refractivity contribution in [2.45, 2.75) is 64.3 Å². The zero-order chi connectivity index (χ0) is 17.4. The van der Waals surface area contributed by atoms with Crippen LogP contribution in [0.5, 0.6) is 0 Å². The Kier molecular flexibility index (Phi) is 4.98. The van der Waals surface area contributed by atoms with Crippen LogP contribution in [0.1, 0.15) is 58.3 Å². The van der Waals surface area contributed by atoms with Crippen LogP contribution in [0.2, 0.25) is 5.02 Å². The van der Waals surface area contributed by atoms with Crippen LogP contribution in [-0.2, 0) is 0 Å². The molecule has 1 aromatic carbocycles. The standard InChI is InChI=1S/C21H29ClN2S/c1-2-5-19(24-20(25)23-18-7-4-3-6-17(18)22)21-11-14-8-15(12-21)10-16(9-14)13-21/h3-4,6-7,14-16,19H,2,5,8-13H2,1H3,(H2,23,24,25). The molecule has 0 amide bonds. The van der Waals surface area contributed by atoms with E-state index in [0.29, 0.717) is 16.5 Å². The van der Waals surface area contributed by atoms with Crippen LogP contribution in [0, 0.1) is 23.2 Å². The summed E-state index contributed by atoms with van der Waals surface area (Å²) >= 11 is 11.9. The predicted molar refractivity (Wildman–Crippen MR) is 110 cm³/mol. The lowest BCUT2D eigenvalue weighted by molar-refractivity contribution is -0.0718. The number of rotatable bonds is 5. The lowest BCUT2D eigenvalue weighted by atomic mass is 9.47. The molecule has 2 nitrogen and oxygen atoms in total. The lowest BCUT2D eigenvalue weighted by Gasteiger charge is -2.59. The van der Waals surface area contributed by atoms with Crippen LogP contribution in [0.25, 0.3) is 0 Å². The smallest absolute Gasteiger partial charge is 0.171 e. The summed E-state index contributed by atoms with van der Waals surface area (Å²) in [5, 5.41) is 8.47. The summed E-state index contributed by atoms with van der Waals surface area (Å²) in [5.41, 5.74) is 1.36. The molecule has 4 bridgehead atoms. The quantitative estimate of drug-likeness (QED) is 0.615. The molecule has 4 aliphatic carbocycles. The highest BCUT2D eigenvalue weighted by Gasteiger charge is 2.54. The maximum absolute atomic E-state index is 6.27. The average Bonchev–Trinajstić information content (AvgIpc) is 2.55. The highest BCUT2D eigenvalue weighted by atomic mass is 35.5. The molecule has 4 fully saturated rings. The number of para-hydroxylation sites is 1. The summed E-state index contributed by atoms with van der Waals surface area (Å²) in [7, 11) is 0. The maximum Gasteiger partial charge on any atom is 0.171 e. The number of halogens is 1. The highest BCUT2D eigenvalue weighted by Crippen LogP contribution is 2.61. The molecular weight excluding hydrogens is 348 g/mol. The second kappa shape index (κ2) is 7.08. The Morgan fingerprint density at radius 1 is 1.16 bits per heavy atom. The largest absolute Gasteiger partial charge is 0.359 e. The zero-order valence-corrected chi connectivity index (χ0v) is 16.6. The van der Waals surface area contributed by atoms with Gasteiger partial charge in [-0.3, -0.25) is 0 Å². The molecule has 0 saturated heterocycles. The van der Waals surface area contributed by atoms with Crippen LogP contribution in [0.15, 0.2) is 24.3 Å². The Morgan fingerprint density at radius 2 is 1.76 bits per heavy atom. The van der Waals surface area contributed by atoms with Crippen molar-refractivity contribution in [2.75, 3.05) is 5.32 Å². The molecule has 4 aliphatic rings. The van der Waals surface area contributed by atoms with Gasteiger partial charge in [0.25, 0.3) is 0 Å². The molecule has 0 radical (unpaired) electrons. The molecule has 2 N–H and O–H groups in total. The summed E-state index contributed by atoms with van der Waals surface area (Å²) < 4.78 is 0. The minimum atomic E-state index is 0.469. The number of benzene rings is 1. The van der Waals surface area contributed by atoms with Crippen LogP contribution in [-0.4, -0.2) is 11.2 Å². The van der Waals surface area contributed by atoms with Crippen molar-refractivity contribution in [2.24, 2.45) is 23.2 Å². The van der Waals surface area contributed by atoms with E-state index in [9.17, 15) is 0 Å². The van der Waals surface area contributed by atoms with Gasteiger partial charge in [-0.1, -0.05) is 37.1 Å². The van der Waals surface area contributed by atoms with Gasteiger partial charge in [0.1, 0.15) is 0 Å². The third-order valence-electron chi connectivity index (χ3n) is 6.83. The van der Waals surface area contributed by atoms with Crippen molar-refractivity contribution >= 4 is 34.6 Å². The van der Waals surface area contributed by atoms with Gasteiger partial charge in [0, 0.05) is 6.04 Å². The molecule has 0 spiro atoms. The molecule has 1 unspecified atom stereocenters. The molecule has 1 aromatic rings. The van der Waals surface area contributed by atoms with E-state index in [1.807, 2.05) is 24.3 Å². The predicted octanol–water partition coefficient (Wildman–Crippen LogP) is 6.01. The van der Waals surface area contributed by atoms with Crippen molar-refractivity contribution in [3.8, 4) is 0 Å². The van der Waals surface area contributed by atoms with Crippen molar-refractivity contribution in [3.63, 3.8) is 0 Å². The maximum atomic E-state index is 6.27. The number of hydrogen-bond donors (Lipinski definition) is 2. The van der Waals surface area contributed by atoms with Gasteiger partial charge in [0.05, 0.1) is 10.7 Å². The fourth-order valence-electron chi connectivity index (χ4n) is 6.30. The zero-order valence-electron chi connectivity index (χ0n) is 15.1. The van der Waals surface area contributed by atoms with E-state index in [1.165, 1.54) is 51.4 Å². The molecule has 1 atom stereocenters. The fourth-order valence-corrected chi connectivity index (χ4v) is 6.74. The topological polar surface area (TPSA) is 24.1 Å². The summed E-state index contributed by atoms with van der Waals surface area (Å²) in [6.45, 7) is 2.29. The van der Waals surface area contributed by atoms with Gasteiger partial charge >= 0.3 is 0 Å². The summed E-state index contributed by atoms with van der Waals surface area (Å²) in [4.78, 5) is 0. The van der Waals surface area contributed by atoms with Gasteiger partial charge in [0.15, 0.2) is 5.11 Å². The third kappa shape index (κ3) is 3.55. The van der Waals surface area contributed by atoms with Gasteiger partial charge in [-0.25, -0.2) is 0 Å². The van der Waals surface area contributed by atoms with E-state index in [-0.39, 0.29) is 0 Å². The minimum absolute atomic E-state index is 0.469. The van der Waals surface area contributed by atoms with E-state index < -0.39 is 0 Å². The fraction of sp³-hybridized carbons (Fsp3) is 0.667. The Balaban J connectivity index is 1.48. The summed E-state index contributed by atoms with van der Waals surface area (Å²) in [6, 6.07) is 8.30. The molecule has 25 heavy (non-hydrogen) atoms. The number of anilines is 1. The molecule has 4 saturated carbocycles. The van der Waals surface area contributed by atoms with Gasteiger partial charge in [-0.05, 0) is 92.5 Å². The van der Waals surface area contributed by atoms with Crippen molar-refractivity contribution in [1.29, 1.82) is 0 Å². The second-order valence-electron chi connectivity index (χ2n) is 8.70. The van der Waals surface area contributed by atoms with Gasteiger partial charge in [-0.15, -0.1) is 0 Å². The Labute approximate surface area is 162 Å². The SMILES string of the molecule is CCCC(NC(=S)Nc1ccccc1Cl)C12CC3CC(CC(C3)C1)C2. The van der Waals surface area contributed by atoms with Gasteiger partial charge < -0.3 is 10.6 Å². The van der Waals surface area contributed by atoms with E-state index in [4.69, 9.17) is 23.8 Å². The van der Waals surface area contributed by atoms with Crippen molar-refractivity contribution in [1.82, 2.24) is 5.32 Å². The monoisotopic (exact) mass is 376 g/mol. The van der Waals surface area contributed by atoms with Gasteiger partial charge in [0.2, 0.25) is 0 Å². The minimum Gasteiger partial charge on any atom is -0.359 e. The first-order valence-corrected chi connectivity index (χ1v) is 10.7. The Hall–Kier alpha value is -0.800. The molecule has 136 valence electrons. The van der Waals surface area contributed by atoms with Crippen LogP contribution in [0.3, 0.4) is 0 Å². The van der Waals surface area contributed by atoms with E-state index in [2.05, 4.69) is 17.6 Å². The lowest BCUT2D eigenvalue weighted by Crippen LogP contribution is -2.57. The van der Waals surface area contributed by atoms with Crippen LogP contribution in [0.4, 0.5) is 5.69 Å². The molecule has 4 heteroatoms. The van der Waals surface area contributed by atoms with Crippen LogP contribution >= 0.6 is 23.8 Å². The van der Waals surface area contributed by atoms with Crippen LogP contribution < -0.4 is 10.6 Å². The van der Waals surface area contributed by atoms with E-state index >= 15 is 0 Å². The first kappa shape index (κ1) is 17.6. The third-order valence-corrected chi connectivity index (χ3v) is 7.38. The normalized spacial score (nSPS) is 33.9. The van der Waals surface area contributed by atoms with Crippen molar-refractivity contribution < 1.29 is 0 Å². The number of nitrogens with one attached hydrogen (secondary N) is 2. The first-order chi connectivity index (χ1) is 12.1. The molecule has 0 aromatic heterocycles. The number of hydrogen-bond acceptors (Lipinski definition) is 1. The Morgan fingerprint density at radius 3 is 2.32 bits per heavy atom. The van der Waals surface area contributed by atoms with Crippen molar-refractivity contribution in [3.05, 3.63) is 29.3 Å². The first-order valence-electron chi connectivity index (χ1n) is 9.90. The highest BCUT2D eigenvalue weighted by molar-refractivity contribution is 7.80. The average molecular weight is 377 g/mol. The second-order valence-corrected chi connectivity index (χ2v) is 9.51. The molecule has 5 rings (SSSR count). The molecular formula is C21H29ClN2S. The molecule has 0 heterocycles. The van der Waals surface area contributed by atoms with Gasteiger partial charge in [-0.2, -0.15) is 0 Å².